The van der Waals surface area contributed by atoms with Crippen molar-refractivity contribution in [1.82, 2.24) is 0 Å². The lowest BCUT2D eigenvalue weighted by Gasteiger charge is -2.31. The molecule has 3 atom stereocenters. The van der Waals surface area contributed by atoms with Gasteiger partial charge in [0.1, 0.15) is 0 Å². The van der Waals surface area contributed by atoms with E-state index in [0.717, 1.165) is 6.42 Å². The standard InChI is InChI=1S/C11H22O3/c1-10(2)8(5-6-14-4)7-11(3,13)9(10)12/h8-9,12-13H,5-7H2,1-4H3/t8-,9+,11+/m0/s1. The highest BCUT2D eigenvalue weighted by atomic mass is 16.5. The first-order valence-electron chi connectivity index (χ1n) is 5.21. The molecule has 3 nitrogen and oxygen atoms in total. The van der Waals surface area contributed by atoms with Crippen LogP contribution in [0.5, 0.6) is 0 Å². The van der Waals surface area contributed by atoms with E-state index in [1.807, 2.05) is 13.8 Å². The molecule has 2 N–H and O–H groups in total. The summed E-state index contributed by atoms with van der Waals surface area (Å²) in [5, 5.41) is 19.9. The van der Waals surface area contributed by atoms with Gasteiger partial charge in [0.15, 0.2) is 0 Å². The van der Waals surface area contributed by atoms with Crippen LogP contribution in [0, 0.1) is 11.3 Å². The lowest BCUT2D eigenvalue weighted by atomic mass is 9.78. The van der Waals surface area contributed by atoms with Crippen molar-refractivity contribution in [2.75, 3.05) is 13.7 Å². The smallest absolute Gasteiger partial charge is 0.0885 e. The molecule has 3 heteroatoms. The Morgan fingerprint density at radius 2 is 1.93 bits per heavy atom. The molecule has 1 rings (SSSR count). The monoisotopic (exact) mass is 202 g/mol. The fourth-order valence-electron chi connectivity index (χ4n) is 2.63. The maximum Gasteiger partial charge on any atom is 0.0885 e. The zero-order valence-electron chi connectivity index (χ0n) is 9.58. The minimum atomic E-state index is -0.943. The quantitative estimate of drug-likeness (QED) is 0.722. The van der Waals surface area contributed by atoms with E-state index in [-0.39, 0.29) is 5.41 Å². The molecule has 0 aliphatic heterocycles. The third-order valence-electron chi connectivity index (χ3n) is 3.68. The van der Waals surface area contributed by atoms with Gasteiger partial charge in [0.05, 0.1) is 11.7 Å². The summed E-state index contributed by atoms with van der Waals surface area (Å²) < 4.78 is 5.04. The Balaban J connectivity index is 2.70. The van der Waals surface area contributed by atoms with Crippen molar-refractivity contribution in [3.05, 3.63) is 0 Å². The van der Waals surface area contributed by atoms with Crippen LogP contribution in [0.25, 0.3) is 0 Å². The first-order valence-corrected chi connectivity index (χ1v) is 5.21. The molecule has 0 aromatic rings. The Hall–Kier alpha value is -0.120. The second kappa shape index (κ2) is 3.80. The molecule has 0 aromatic carbocycles. The first-order chi connectivity index (χ1) is 6.32. The molecule has 0 aromatic heterocycles. The minimum absolute atomic E-state index is 0.220. The van der Waals surface area contributed by atoms with Crippen LogP contribution in [0.2, 0.25) is 0 Å². The van der Waals surface area contributed by atoms with E-state index >= 15 is 0 Å². The van der Waals surface area contributed by atoms with E-state index in [4.69, 9.17) is 4.74 Å². The Morgan fingerprint density at radius 1 is 1.36 bits per heavy atom. The molecule has 1 aliphatic rings. The van der Waals surface area contributed by atoms with Gasteiger partial charge in [0.2, 0.25) is 0 Å². The van der Waals surface area contributed by atoms with E-state index in [9.17, 15) is 10.2 Å². The number of hydrogen-bond donors (Lipinski definition) is 2. The van der Waals surface area contributed by atoms with Gasteiger partial charge in [-0.2, -0.15) is 0 Å². The number of aliphatic hydroxyl groups excluding tert-OH is 1. The highest BCUT2D eigenvalue weighted by Gasteiger charge is 2.53. The molecule has 84 valence electrons. The zero-order valence-corrected chi connectivity index (χ0v) is 9.58. The number of ether oxygens (including phenoxy) is 1. The van der Waals surface area contributed by atoms with Crippen LogP contribution in [0.4, 0.5) is 0 Å². The largest absolute Gasteiger partial charge is 0.390 e. The molecule has 0 radical (unpaired) electrons. The summed E-state index contributed by atoms with van der Waals surface area (Å²) in [7, 11) is 1.68. The van der Waals surface area contributed by atoms with E-state index in [0.29, 0.717) is 18.9 Å². The Morgan fingerprint density at radius 3 is 2.29 bits per heavy atom. The molecular weight excluding hydrogens is 180 g/mol. The van der Waals surface area contributed by atoms with Crippen LogP contribution in [-0.4, -0.2) is 35.6 Å². The summed E-state index contributed by atoms with van der Waals surface area (Å²) >= 11 is 0. The summed E-state index contributed by atoms with van der Waals surface area (Å²) in [4.78, 5) is 0. The Bertz CT molecular complexity index is 199. The summed E-state index contributed by atoms with van der Waals surface area (Å²) in [6, 6.07) is 0. The third-order valence-corrected chi connectivity index (χ3v) is 3.68. The van der Waals surface area contributed by atoms with Gasteiger partial charge in [-0.3, -0.25) is 0 Å². The third kappa shape index (κ3) is 1.95. The SMILES string of the molecule is COCC[C@H]1C[C@@](C)(O)[C@H](O)C1(C)C. The van der Waals surface area contributed by atoms with Crippen molar-refractivity contribution in [3.63, 3.8) is 0 Å². The average Bonchev–Trinajstić information content (AvgIpc) is 2.23. The minimum Gasteiger partial charge on any atom is -0.390 e. The van der Waals surface area contributed by atoms with E-state index < -0.39 is 11.7 Å². The van der Waals surface area contributed by atoms with Crippen molar-refractivity contribution < 1.29 is 14.9 Å². The van der Waals surface area contributed by atoms with E-state index in [1.54, 1.807) is 14.0 Å². The van der Waals surface area contributed by atoms with Crippen LogP contribution >= 0.6 is 0 Å². The second-order valence-corrected chi connectivity index (χ2v) is 5.26. The fraction of sp³-hybridized carbons (Fsp3) is 1.00. The lowest BCUT2D eigenvalue weighted by Crippen LogP contribution is -2.41. The van der Waals surface area contributed by atoms with Gasteiger partial charge in [-0.15, -0.1) is 0 Å². The maximum absolute atomic E-state index is 9.98. The Kier molecular flexibility index (Phi) is 3.24. The van der Waals surface area contributed by atoms with Crippen molar-refractivity contribution in [3.8, 4) is 0 Å². The van der Waals surface area contributed by atoms with Gasteiger partial charge < -0.3 is 14.9 Å². The van der Waals surface area contributed by atoms with Crippen molar-refractivity contribution in [2.45, 2.75) is 45.3 Å². The number of hydrogen-bond acceptors (Lipinski definition) is 3. The molecule has 1 fully saturated rings. The van der Waals surface area contributed by atoms with Crippen LogP contribution in [0.15, 0.2) is 0 Å². The second-order valence-electron chi connectivity index (χ2n) is 5.26. The number of aliphatic hydroxyl groups is 2. The molecule has 0 saturated heterocycles. The molecule has 0 unspecified atom stereocenters. The van der Waals surface area contributed by atoms with Crippen molar-refractivity contribution >= 4 is 0 Å². The number of rotatable bonds is 3. The molecule has 0 spiro atoms. The first kappa shape index (κ1) is 12.0. The molecule has 14 heavy (non-hydrogen) atoms. The van der Waals surface area contributed by atoms with Crippen LogP contribution in [0.1, 0.15) is 33.6 Å². The van der Waals surface area contributed by atoms with Gasteiger partial charge in [-0.05, 0) is 31.1 Å². The molecule has 0 heterocycles. The van der Waals surface area contributed by atoms with Crippen molar-refractivity contribution in [2.24, 2.45) is 11.3 Å². The van der Waals surface area contributed by atoms with E-state index in [1.165, 1.54) is 0 Å². The number of methoxy groups -OCH3 is 1. The lowest BCUT2D eigenvalue weighted by molar-refractivity contribution is -0.0743. The van der Waals surface area contributed by atoms with Gasteiger partial charge in [-0.1, -0.05) is 13.8 Å². The molecule has 1 aliphatic carbocycles. The topological polar surface area (TPSA) is 49.7 Å². The predicted molar refractivity (Wildman–Crippen MR) is 55.0 cm³/mol. The summed E-state index contributed by atoms with van der Waals surface area (Å²) in [6.07, 6.45) is 0.915. The zero-order chi connectivity index (χ0) is 11.0. The van der Waals surface area contributed by atoms with Gasteiger partial charge in [-0.25, -0.2) is 0 Å². The van der Waals surface area contributed by atoms with Crippen LogP contribution in [0.3, 0.4) is 0 Å². The maximum atomic E-state index is 9.98. The van der Waals surface area contributed by atoms with Crippen LogP contribution < -0.4 is 0 Å². The Labute approximate surface area is 86.1 Å². The normalized spacial score (nSPS) is 41.6. The summed E-state index contributed by atoms with van der Waals surface area (Å²) in [5.74, 6) is 0.326. The van der Waals surface area contributed by atoms with Crippen LogP contribution in [-0.2, 0) is 4.74 Å². The van der Waals surface area contributed by atoms with E-state index in [2.05, 4.69) is 0 Å². The summed E-state index contributed by atoms with van der Waals surface area (Å²) in [5.41, 5.74) is -1.16. The van der Waals surface area contributed by atoms with Gasteiger partial charge in [0.25, 0.3) is 0 Å². The fourth-order valence-corrected chi connectivity index (χ4v) is 2.63. The van der Waals surface area contributed by atoms with Gasteiger partial charge >= 0.3 is 0 Å². The van der Waals surface area contributed by atoms with Gasteiger partial charge in [0, 0.05) is 13.7 Å². The molecule has 1 saturated carbocycles. The highest BCUT2D eigenvalue weighted by molar-refractivity contribution is 5.04. The predicted octanol–water partition coefficient (Wildman–Crippen LogP) is 1.18. The molecule has 0 bridgehead atoms. The molecular formula is C11H22O3. The van der Waals surface area contributed by atoms with Crippen molar-refractivity contribution in [1.29, 1.82) is 0 Å². The molecule has 0 amide bonds. The highest BCUT2D eigenvalue weighted by Crippen LogP contribution is 2.49. The summed E-state index contributed by atoms with van der Waals surface area (Å²) in [6.45, 7) is 6.43. The average molecular weight is 202 g/mol.